The van der Waals surface area contributed by atoms with Crippen molar-refractivity contribution in [2.75, 3.05) is 19.8 Å². The maximum Gasteiger partial charge on any atom is 0.327 e. The lowest BCUT2D eigenvalue weighted by Gasteiger charge is -2.22. The molecule has 3 N–H and O–H groups in total. The molecule has 0 heterocycles. The van der Waals surface area contributed by atoms with E-state index in [1.54, 1.807) is 37.3 Å². The number of ether oxygens (including phenoxy) is 2. The molecular formula is C19H24N2O8. The van der Waals surface area contributed by atoms with Crippen LogP contribution in [0, 0.1) is 5.92 Å². The summed E-state index contributed by atoms with van der Waals surface area (Å²) in [5.74, 6) is -6.15. The zero-order chi connectivity index (χ0) is 21.8. The van der Waals surface area contributed by atoms with E-state index >= 15 is 0 Å². The van der Waals surface area contributed by atoms with Crippen LogP contribution >= 0.6 is 0 Å². The lowest BCUT2D eigenvalue weighted by molar-refractivity contribution is -0.160. The molecule has 10 nitrogen and oxygen atoms in total. The number of carboxylic acids is 1. The highest BCUT2D eigenvalue weighted by Gasteiger charge is 2.38. The number of benzene rings is 1. The molecule has 1 rings (SSSR count). The van der Waals surface area contributed by atoms with Crippen molar-refractivity contribution < 1.29 is 38.6 Å². The molecule has 0 unspecified atom stereocenters. The molecule has 0 saturated heterocycles. The molecule has 158 valence electrons. The first-order valence-corrected chi connectivity index (χ1v) is 8.97. The number of aliphatic carboxylic acids is 1. The van der Waals surface area contributed by atoms with Gasteiger partial charge in [0.05, 0.1) is 32.1 Å². The molecule has 0 aliphatic rings. The summed E-state index contributed by atoms with van der Waals surface area (Å²) in [4.78, 5) is 59.6. The average molecular weight is 408 g/mol. The van der Waals surface area contributed by atoms with Crippen LogP contribution in [0.5, 0.6) is 0 Å². The lowest BCUT2D eigenvalue weighted by Crippen LogP contribution is -2.52. The number of amides is 2. The highest BCUT2D eigenvalue weighted by molar-refractivity contribution is 5.97. The van der Waals surface area contributed by atoms with Crippen molar-refractivity contribution in [1.29, 1.82) is 0 Å². The first-order valence-electron chi connectivity index (χ1n) is 8.97. The van der Waals surface area contributed by atoms with E-state index in [0.29, 0.717) is 5.56 Å². The van der Waals surface area contributed by atoms with Crippen molar-refractivity contribution in [3.8, 4) is 0 Å². The van der Waals surface area contributed by atoms with Crippen LogP contribution in [0.4, 0.5) is 0 Å². The SMILES string of the molecule is CCOC(=O)C[C@H](C(=O)OCC)[C@H](NC(=O)CNC(=O)c1ccccc1)C(=O)O. The predicted octanol–water partition coefficient (Wildman–Crippen LogP) is 0.118. The summed E-state index contributed by atoms with van der Waals surface area (Å²) >= 11 is 0. The van der Waals surface area contributed by atoms with Gasteiger partial charge in [-0.05, 0) is 26.0 Å². The summed E-state index contributed by atoms with van der Waals surface area (Å²) in [6, 6.07) is 6.37. The Hall–Kier alpha value is -3.43. The number of nitrogens with one attached hydrogen (secondary N) is 2. The molecule has 0 saturated carbocycles. The summed E-state index contributed by atoms with van der Waals surface area (Å²) in [5.41, 5.74) is 0.321. The topological polar surface area (TPSA) is 148 Å². The van der Waals surface area contributed by atoms with E-state index in [-0.39, 0.29) is 13.2 Å². The molecule has 2 amide bonds. The molecule has 29 heavy (non-hydrogen) atoms. The summed E-state index contributed by atoms with van der Waals surface area (Å²) in [7, 11) is 0. The monoisotopic (exact) mass is 408 g/mol. The molecular weight excluding hydrogens is 384 g/mol. The van der Waals surface area contributed by atoms with E-state index in [0.717, 1.165) is 0 Å². The van der Waals surface area contributed by atoms with Crippen LogP contribution in [-0.2, 0) is 28.7 Å². The third kappa shape index (κ3) is 7.99. The third-order valence-electron chi connectivity index (χ3n) is 3.71. The first kappa shape index (κ1) is 23.6. The van der Waals surface area contributed by atoms with Crippen LogP contribution in [0.2, 0.25) is 0 Å². The van der Waals surface area contributed by atoms with E-state index in [1.165, 1.54) is 6.92 Å². The minimum atomic E-state index is -1.74. The van der Waals surface area contributed by atoms with Crippen LogP contribution in [-0.4, -0.2) is 60.6 Å². The second-order valence-electron chi connectivity index (χ2n) is 5.80. The fourth-order valence-electron chi connectivity index (χ4n) is 2.40. The quantitative estimate of drug-likeness (QED) is 0.437. The van der Waals surface area contributed by atoms with Crippen molar-refractivity contribution in [3.63, 3.8) is 0 Å². The molecule has 0 aromatic heterocycles. The van der Waals surface area contributed by atoms with Gasteiger partial charge < -0.3 is 25.2 Å². The number of hydrogen-bond acceptors (Lipinski definition) is 7. The minimum Gasteiger partial charge on any atom is -0.480 e. The highest BCUT2D eigenvalue weighted by atomic mass is 16.5. The Morgan fingerprint density at radius 2 is 1.62 bits per heavy atom. The fraction of sp³-hybridized carbons (Fsp3) is 0.421. The number of rotatable bonds is 11. The Balaban J connectivity index is 2.81. The second-order valence-corrected chi connectivity index (χ2v) is 5.80. The van der Waals surface area contributed by atoms with Gasteiger partial charge >= 0.3 is 17.9 Å². The summed E-state index contributed by atoms with van der Waals surface area (Å²) in [6.45, 7) is 2.57. The third-order valence-corrected chi connectivity index (χ3v) is 3.71. The largest absolute Gasteiger partial charge is 0.480 e. The Morgan fingerprint density at radius 3 is 2.17 bits per heavy atom. The van der Waals surface area contributed by atoms with E-state index in [4.69, 9.17) is 9.47 Å². The van der Waals surface area contributed by atoms with Crippen molar-refractivity contribution in [3.05, 3.63) is 35.9 Å². The lowest BCUT2D eigenvalue weighted by atomic mass is 9.96. The molecule has 0 aliphatic heterocycles. The van der Waals surface area contributed by atoms with Gasteiger partial charge in [-0.2, -0.15) is 0 Å². The highest BCUT2D eigenvalue weighted by Crippen LogP contribution is 2.14. The van der Waals surface area contributed by atoms with Crippen molar-refractivity contribution in [2.24, 2.45) is 5.92 Å². The normalized spacial score (nSPS) is 12.2. The number of esters is 2. The number of carbonyl (C=O) groups excluding carboxylic acids is 4. The number of hydrogen-bond donors (Lipinski definition) is 3. The molecule has 2 atom stereocenters. The molecule has 1 aromatic carbocycles. The van der Waals surface area contributed by atoms with Gasteiger partial charge in [0, 0.05) is 5.56 Å². The minimum absolute atomic E-state index is 0.0361. The van der Waals surface area contributed by atoms with Gasteiger partial charge in [-0.3, -0.25) is 19.2 Å². The molecule has 1 aromatic rings. The molecule has 10 heteroatoms. The standard InChI is InChI=1S/C19H24N2O8/c1-3-28-15(23)10-13(19(27)29-4-2)16(18(25)26)21-14(22)11-20-17(24)12-8-6-5-7-9-12/h5-9,13,16H,3-4,10-11H2,1-2H3,(H,20,24)(H,21,22)(H,25,26)/t13-,16-/m0/s1. The zero-order valence-corrected chi connectivity index (χ0v) is 16.2. The smallest absolute Gasteiger partial charge is 0.327 e. The molecule has 0 fully saturated rings. The van der Waals surface area contributed by atoms with Gasteiger partial charge in [-0.1, -0.05) is 18.2 Å². The Kier molecular flexibility index (Phi) is 9.86. The van der Waals surface area contributed by atoms with Crippen LogP contribution in [0.25, 0.3) is 0 Å². The zero-order valence-electron chi connectivity index (χ0n) is 16.2. The van der Waals surface area contributed by atoms with Crippen molar-refractivity contribution >= 4 is 29.7 Å². The molecule has 0 aliphatic carbocycles. The molecule has 0 bridgehead atoms. The molecule has 0 radical (unpaired) electrons. The van der Waals surface area contributed by atoms with E-state index < -0.39 is 54.6 Å². The van der Waals surface area contributed by atoms with Gasteiger partial charge in [-0.15, -0.1) is 0 Å². The van der Waals surface area contributed by atoms with Crippen molar-refractivity contribution in [1.82, 2.24) is 10.6 Å². The fourth-order valence-corrected chi connectivity index (χ4v) is 2.40. The van der Waals surface area contributed by atoms with E-state index in [2.05, 4.69) is 10.6 Å². The van der Waals surface area contributed by atoms with Crippen LogP contribution < -0.4 is 10.6 Å². The second kappa shape index (κ2) is 12.1. The average Bonchev–Trinajstić information content (AvgIpc) is 2.69. The number of carbonyl (C=O) groups is 5. The van der Waals surface area contributed by atoms with Crippen molar-refractivity contribution in [2.45, 2.75) is 26.3 Å². The van der Waals surface area contributed by atoms with Gasteiger partial charge in [0.1, 0.15) is 6.04 Å². The maximum atomic E-state index is 12.1. The first-order chi connectivity index (χ1) is 13.8. The van der Waals surface area contributed by atoms with E-state index in [1.807, 2.05) is 0 Å². The van der Waals surface area contributed by atoms with Gasteiger partial charge in [0.2, 0.25) is 5.91 Å². The number of carboxylic acid groups (broad SMARTS) is 1. The maximum absolute atomic E-state index is 12.1. The summed E-state index contributed by atoms with van der Waals surface area (Å²) in [6.07, 6.45) is -0.583. The van der Waals surface area contributed by atoms with Crippen LogP contribution in [0.1, 0.15) is 30.6 Å². The predicted molar refractivity (Wildman–Crippen MR) is 99.7 cm³/mol. The van der Waals surface area contributed by atoms with Gasteiger partial charge in [0.15, 0.2) is 0 Å². The Labute approximate surface area is 167 Å². The summed E-state index contributed by atoms with van der Waals surface area (Å²) in [5, 5.41) is 13.9. The van der Waals surface area contributed by atoms with Crippen LogP contribution in [0.15, 0.2) is 30.3 Å². The summed E-state index contributed by atoms with van der Waals surface area (Å²) < 4.78 is 9.57. The Bertz CT molecular complexity index is 735. The Morgan fingerprint density at radius 1 is 1.00 bits per heavy atom. The van der Waals surface area contributed by atoms with Gasteiger partial charge in [0.25, 0.3) is 5.91 Å². The van der Waals surface area contributed by atoms with E-state index in [9.17, 15) is 29.1 Å². The van der Waals surface area contributed by atoms with Crippen LogP contribution in [0.3, 0.4) is 0 Å². The van der Waals surface area contributed by atoms with Gasteiger partial charge in [-0.25, -0.2) is 4.79 Å². The molecule has 0 spiro atoms.